The van der Waals surface area contributed by atoms with Crippen molar-refractivity contribution >= 4 is 11.6 Å². The van der Waals surface area contributed by atoms with Crippen LogP contribution < -0.4 is 19.5 Å². The minimum atomic E-state index is -0.0131. The molecule has 1 aliphatic rings. The Bertz CT molecular complexity index is 514. The van der Waals surface area contributed by atoms with Crippen molar-refractivity contribution in [1.29, 1.82) is 0 Å². The van der Waals surface area contributed by atoms with Crippen LogP contribution in [-0.4, -0.2) is 27.2 Å². The zero-order chi connectivity index (χ0) is 15.2. The number of carbonyl (C=O) groups is 1. The summed E-state index contributed by atoms with van der Waals surface area (Å²) in [6.07, 6.45) is 6.82. The molecule has 5 nitrogen and oxygen atoms in total. The minimum absolute atomic E-state index is 0.0131. The van der Waals surface area contributed by atoms with Gasteiger partial charge in [0.1, 0.15) is 0 Å². The van der Waals surface area contributed by atoms with Crippen molar-refractivity contribution in [3.05, 3.63) is 24.3 Å². The summed E-state index contributed by atoms with van der Waals surface area (Å²) >= 11 is 0. The van der Waals surface area contributed by atoms with Gasteiger partial charge in [-0.15, -0.1) is 0 Å². The van der Waals surface area contributed by atoms with Crippen LogP contribution in [0.4, 0.5) is 5.69 Å². The zero-order valence-corrected chi connectivity index (χ0v) is 12.6. The summed E-state index contributed by atoms with van der Waals surface area (Å²) in [4.78, 5) is 12.1. The molecule has 0 saturated carbocycles. The molecule has 1 aromatic carbocycles. The fourth-order valence-electron chi connectivity index (χ4n) is 2.47. The number of amides is 1. The molecule has 0 unspecified atom stereocenters. The van der Waals surface area contributed by atoms with Gasteiger partial charge in [-0.2, -0.15) is 0 Å². The Labute approximate surface area is 124 Å². The van der Waals surface area contributed by atoms with Crippen LogP contribution in [0.25, 0.3) is 0 Å². The van der Waals surface area contributed by atoms with Gasteiger partial charge in [-0.05, 0) is 18.8 Å². The minimum Gasteiger partial charge on any atom is -0.493 e. The molecule has 0 aromatic heterocycles. The Balaban J connectivity index is 2.11. The van der Waals surface area contributed by atoms with E-state index >= 15 is 0 Å². The molecule has 1 atom stereocenters. The second kappa shape index (κ2) is 7.02. The lowest BCUT2D eigenvalue weighted by atomic mass is 10.1. The summed E-state index contributed by atoms with van der Waals surface area (Å²) in [5, 5.41) is 2.88. The van der Waals surface area contributed by atoms with Crippen LogP contribution in [0.3, 0.4) is 0 Å². The third kappa shape index (κ3) is 3.68. The van der Waals surface area contributed by atoms with E-state index in [1.165, 1.54) is 0 Å². The summed E-state index contributed by atoms with van der Waals surface area (Å²) in [5.41, 5.74) is 0.636. The average Bonchev–Trinajstić information content (AvgIpc) is 2.98. The van der Waals surface area contributed by atoms with Gasteiger partial charge in [0.15, 0.2) is 11.5 Å². The molecule has 0 bridgehead atoms. The van der Waals surface area contributed by atoms with Gasteiger partial charge in [-0.1, -0.05) is 12.2 Å². The van der Waals surface area contributed by atoms with Crippen LogP contribution in [0.2, 0.25) is 0 Å². The van der Waals surface area contributed by atoms with Gasteiger partial charge in [0, 0.05) is 24.2 Å². The second-order valence-electron chi connectivity index (χ2n) is 4.93. The molecule has 0 fully saturated rings. The van der Waals surface area contributed by atoms with Crippen molar-refractivity contribution in [3.8, 4) is 17.2 Å². The third-order valence-corrected chi connectivity index (χ3v) is 3.51. The Kier molecular flexibility index (Phi) is 5.09. The van der Waals surface area contributed by atoms with Gasteiger partial charge in [0.25, 0.3) is 0 Å². The first-order valence-electron chi connectivity index (χ1n) is 6.94. The topological polar surface area (TPSA) is 56.8 Å². The highest BCUT2D eigenvalue weighted by Gasteiger charge is 2.17. The molecule has 114 valence electrons. The summed E-state index contributed by atoms with van der Waals surface area (Å²) in [7, 11) is 4.64. The van der Waals surface area contributed by atoms with Crippen molar-refractivity contribution in [3.63, 3.8) is 0 Å². The number of carbonyl (C=O) groups excluding carboxylic acids is 1. The number of rotatable bonds is 6. The highest BCUT2D eigenvalue weighted by Crippen LogP contribution is 2.40. The number of nitrogens with one attached hydrogen (secondary N) is 1. The zero-order valence-electron chi connectivity index (χ0n) is 12.6. The molecule has 0 aliphatic heterocycles. The van der Waals surface area contributed by atoms with Gasteiger partial charge in [-0.25, -0.2) is 0 Å². The molecule has 21 heavy (non-hydrogen) atoms. The maximum absolute atomic E-state index is 12.1. The van der Waals surface area contributed by atoms with Gasteiger partial charge in [-0.3, -0.25) is 4.79 Å². The summed E-state index contributed by atoms with van der Waals surface area (Å²) in [6, 6.07) is 3.45. The van der Waals surface area contributed by atoms with Crippen LogP contribution in [0.5, 0.6) is 17.2 Å². The normalized spacial score (nSPS) is 16.6. The van der Waals surface area contributed by atoms with Crippen LogP contribution in [0.15, 0.2) is 24.3 Å². The number of benzene rings is 1. The highest BCUT2D eigenvalue weighted by molar-refractivity contribution is 5.91. The van der Waals surface area contributed by atoms with Gasteiger partial charge in [0.2, 0.25) is 11.7 Å². The van der Waals surface area contributed by atoms with E-state index in [2.05, 4.69) is 17.5 Å². The maximum atomic E-state index is 12.1. The maximum Gasteiger partial charge on any atom is 0.224 e. The molecule has 0 spiro atoms. The van der Waals surface area contributed by atoms with Gasteiger partial charge >= 0.3 is 0 Å². The van der Waals surface area contributed by atoms with E-state index < -0.39 is 0 Å². The summed E-state index contributed by atoms with van der Waals surface area (Å²) in [6.45, 7) is 0. The first-order valence-corrected chi connectivity index (χ1v) is 6.94. The molecular weight excluding hydrogens is 270 g/mol. The summed E-state index contributed by atoms with van der Waals surface area (Å²) in [5.74, 6) is 1.88. The molecule has 1 aliphatic carbocycles. The van der Waals surface area contributed by atoms with Crippen LogP contribution in [0, 0.1) is 5.92 Å². The van der Waals surface area contributed by atoms with E-state index in [0.717, 1.165) is 12.8 Å². The van der Waals surface area contributed by atoms with E-state index in [4.69, 9.17) is 14.2 Å². The number of hydrogen-bond donors (Lipinski definition) is 1. The standard InChI is InChI=1S/C16H21NO4/c1-19-13-9-12(10-14(20-2)16(13)21-3)17-15(18)8-11-6-4-5-7-11/h4,6,9-11H,5,7-8H2,1-3H3,(H,17,18)/t11-/m1/s1. The number of ether oxygens (including phenoxy) is 3. The first kappa shape index (κ1) is 15.2. The molecule has 1 amide bonds. The fraction of sp³-hybridized carbons (Fsp3) is 0.438. The van der Waals surface area contributed by atoms with E-state index in [9.17, 15) is 4.79 Å². The SMILES string of the molecule is COc1cc(NC(=O)C[C@@H]2C=CCC2)cc(OC)c1OC. The number of hydrogen-bond acceptors (Lipinski definition) is 4. The fourth-order valence-corrected chi connectivity index (χ4v) is 2.47. The Morgan fingerprint density at radius 3 is 2.33 bits per heavy atom. The third-order valence-electron chi connectivity index (χ3n) is 3.51. The van der Waals surface area contributed by atoms with Gasteiger partial charge < -0.3 is 19.5 Å². The lowest BCUT2D eigenvalue weighted by molar-refractivity contribution is -0.116. The van der Waals surface area contributed by atoms with E-state index in [-0.39, 0.29) is 5.91 Å². The Morgan fingerprint density at radius 1 is 1.19 bits per heavy atom. The second-order valence-corrected chi connectivity index (χ2v) is 4.93. The van der Waals surface area contributed by atoms with E-state index in [0.29, 0.717) is 35.3 Å². The van der Waals surface area contributed by atoms with Crippen LogP contribution >= 0.6 is 0 Å². The molecule has 0 radical (unpaired) electrons. The Morgan fingerprint density at radius 2 is 1.86 bits per heavy atom. The quantitative estimate of drug-likeness (QED) is 0.819. The van der Waals surface area contributed by atoms with Crippen molar-refractivity contribution < 1.29 is 19.0 Å². The predicted molar refractivity (Wildman–Crippen MR) is 81.2 cm³/mol. The van der Waals surface area contributed by atoms with E-state index in [1.807, 2.05) is 0 Å². The average molecular weight is 291 g/mol. The smallest absolute Gasteiger partial charge is 0.224 e. The van der Waals surface area contributed by atoms with Crippen LogP contribution in [0.1, 0.15) is 19.3 Å². The van der Waals surface area contributed by atoms with Crippen molar-refractivity contribution in [1.82, 2.24) is 0 Å². The monoisotopic (exact) mass is 291 g/mol. The van der Waals surface area contributed by atoms with Crippen LogP contribution in [-0.2, 0) is 4.79 Å². The lowest BCUT2D eigenvalue weighted by Crippen LogP contribution is -2.15. The molecular formula is C16H21NO4. The van der Waals surface area contributed by atoms with Crippen molar-refractivity contribution in [2.75, 3.05) is 26.6 Å². The molecule has 1 aromatic rings. The highest BCUT2D eigenvalue weighted by atomic mass is 16.5. The van der Waals surface area contributed by atoms with E-state index in [1.54, 1.807) is 33.5 Å². The predicted octanol–water partition coefficient (Wildman–Crippen LogP) is 3.01. The molecule has 0 saturated heterocycles. The molecule has 1 N–H and O–H groups in total. The lowest BCUT2D eigenvalue weighted by Gasteiger charge is -2.15. The largest absolute Gasteiger partial charge is 0.493 e. The Hall–Kier alpha value is -2.17. The summed E-state index contributed by atoms with van der Waals surface area (Å²) < 4.78 is 15.8. The van der Waals surface area contributed by atoms with Gasteiger partial charge in [0.05, 0.1) is 21.3 Å². The first-order chi connectivity index (χ1) is 10.2. The number of methoxy groups -OCH3 is 3. The van der Waals surface area contributed by atoms with Crippen molar-refractivity contribution in [2.45, 2.75) is 19.3 Å². The number of allylic oxidation sites excluding steroid dienone is 2. The molecule has 2 rings (SSSR count). The molecule has 5 heteroatoms. The van der Waals surface area contributed by atoms with Crippen molar-refractivity contribution in [2.24, 2.45) is 5.92 Å². The number of anilines is 1. The molecule has 0 heterocycles.